The van der Waals surface area contributed by atoms with Gasteiger partial charge in [0.05, 0.1) is 12.0 Å². The first kappa shape index (κ1) is 10.5. The highest BCUT2D eigenvalue weighted by Crippen LogP contribution is 2.27. The number of thiazole rings is 1. The Kier molecular flexibility index (Phi) is 3.71. The Bertz CT molecular complexity index is 348. The van der Waals surface area contributed by atoms with Crippen molar-refractivity contribution in [2.75, 3.05) is 7.11 Å². The lowest BCUT2D eigenvalue weighted by molar-refractivity contribution is -0.134. The minimum atomic E-state index is -0.444. The molecule has 0 atom stereocenters. The second-order valence-electron chi connectivity index (χ2n) is 1.98. The minimum absolute atomic E-state index is 0.287. The van der Waals surface area contributed by atoms with Gasteiger partial charge in [0.2, 0.25) is 0 Å². The first-order valence-electron chi connectivity index (χ1n) is 3.21. The zero-order valence-electron chi connectivity index (χ0n) is 6.58. The summed E-state index contributed by atoms with van der Waals surface area (Å²) in [6, 6.07) is 0. The van der Waals surface area contributed by atoms with Gasteiger partial charge in [0.25, 0.3) is 0 Å². The summed E-state index contributed by atoms with van der Waals surface area (Å²) in [5.74, 6) is -0.444. The summed E-state index contributed by atoms with van der Waals surface area (Å²) in [5, 5.41) is 0.287. The standard InChI is InChI=1S/C7H5Cl2NO2S/c1-12-5(11)3-2-4-6(8)10-7(9)13-4/h2-3H,1H3/b3-2+. The minimum Gasteiger partial charge on any atom is -0.466 e. The molecule has 1 aromatic heterocycles. The van der Waals surface area contributed by atoms with E-state index in [2.05, 4.69) is 9.72 Å². The molecule has 1 aromatic rings. The molecule has 0 bridgehead atoms. The van der Waals surface area contributed by atoms with E-state index in [1.807, 2.05) is 0 Å². The van der Waals surface area contributed by atoms with Gasteiger partial charge in [-0.3, -0.25) is 0 Å². The lowest BCUT2D eigenvalue weighted by atomic mass is 10.4. The average Bonchev–Trinajstić information content (AvgIpc) is 2.41. The van der Waals surface area contributed by atoms with Crippen molar-refractivity contribution in [3.63, 3.8) is 0 Å². The maximum absolute atomic E-state index is 10.7. The zero-order chi connectivity index (χ0) is 9.84. The van der Waals surface area contributed by atoms with Crippen molar-refractivity contribution >= 4 is 46.6 Å². The first-order valence-corrected chi connectivity index (χ1v) is 4.78. The molecule has 0 saturated heterocycles. The highest BCUT2D eigenvalue weighted by atomic mass is 35.5. The molecule has 0 aromatic carbocycles. The molecule has 3 nitrogen and oxygen atoms in total. The Morgan fingerprint density at radius 2 is 2.31 bits per heavy atom. The molecule has 13 heavy (non-hydrogen) atoms. The Labute approximate surface area is 88.9 Å². The number of esters is 1. The number of methoxy groups -OCH3 is 1. The first-order chi connectivity index (χ1) is 6.13. The monoisotopic (exact) mass is 237 g/mol. The van der Waals surface area contributed by atoms with Crippen molar-refractivity contribution in [3.05, 3.63) is 20.6 Å². The van der Waals surface area contributed by atoms with Gasteiger partial charge in [-0.1, -0.05) is 23.2 Å². The Morgan fingerprint density at radius 1 is 1.62 bits per heavy atom. The number of carbonyl (C=O) groups excluding carboxylic acids is 1. The van der Waals surface area contributed by atoms with E-state index in [9.17, 15) is 4.79 Å². The molecule has 0 aliphatic heterocycles. The van der Waals surface area contributed by atoms with Crippen LogP contribution < -0.4 is 0 Å². The summed E-state index contributed by atoms with van der Waals surface area (Å²) >= 11 is 12.5. The SMILES string of the molecule is COC(=O)/C=C/c1sc(Cl)nc1Cl. The number of rotatable bonds is 2. The fourth-order valence-electron chi connectivity index (χ4n) is 0.602. The van der Waals surface area contributed by atoms with E-state index in [-0.39, 0.29) is 5.15 Å². The fraction of sp³-hybridized carbons (Fsp3) is 0.143. The van der Waals surface area contributed by atoms with Gasteiger partial charge in [-0.25, -0.2) is 9.78 Å². The third-order valence-electron chi connectivity index (χ3n) is 1.16. The topological polar surface area (TPSA) is 39.2 Å². The maximum Gasteiger partial charge on any atom is 0.330 e. The number of hydrogen-bond donors (Lipinski definition) is 0. The molecule has 0 unspecified atom stereocenters. The molecule has 0 aliphatic carbocycles. The van der Waals surface area contributed by atoms with Crippen molar-refractivity contribution in [3.8, 4) is 0 Å². The van der Waals surface area contributed by atoms with E-state index in [1.165, 1.54) is 30.6 Å². The lowest BCUT2D eigenvalue weighted by Gasteiger charge is -1.88. The summed E-state index contributed by atoms with van der Waals surface area (Å²) < 4.78 is 4.74. The van der Waals surface area contributed by atoms with Crippen LogP contribution in [0.25, 0.3) is 6.08 Å². The molecule has 0 saturated carbocycles. The Balaban J connectivity index is 2.79. The van der Waals surface area contributed by atoms with Gasteiger partial charge in [-0.2, -0.15) is 0 Å². The van der Waals surface area contributed by atoms with Crippen LogP contribution in [0.15, 0.2) is 6.08 Å². The number of aromatic nitrogens is 1. The van der Waals surface area contributed by atoms with Crippen LogP contribution in [-0.4, -0.2) is 18.1 Å². The molecule has 6 heteroatoms. The molecular formula is C7H5Cl2NO2S. The lowest BCUT2D eigenvalue weighted by Crippen LogP contribution is -1.92. The van der Waals surface area contributed by atoms with E-state index in [0.717, 1.165) is 0 Å². The number of nitrogens with zero attached hydrogens (tertiary/aromatic N) is 1. The number of hydrogen-bond acceptors (Lipinski definition) is 4. The van der Waals surface area contributed by atoms with Gasteiger partial charge < -0.3 is 4.74 Å². The Morgan fingerprint density at radius 3 is 2.77 bits per heavy atom. The van der Waals surface area contributed by atoms with Crippen LogP contribution in [0.5, 0.6) is 0 Å². The largest absolute Gasteiger partial charge is 0.466 e. The summed E-state index contributed by atoms with van der Waals surface area (Å²) in [4.78, 5) is 15.1. The van der Waals surface area contributed by atoms with Gasteiger partial charge in [0.15, 0.2) is 4.47 Å². The number of carbonyl (C=O) groups is 1. The normalized spacial score (nSPS) is 10.7. The zero-order valence-corrected chi connectivity index (χ0v) is 8.91. The molecule has 70 valence electrons. The van der Waals surface area contributed by atoms with Gasteiger partial charge >= 0.3 is 5.97 Å². The van der Waals surface area contributed by atoms with Gasteiger partial charge in [-0.05, 0) is 6.08 Å². The number of halogens is 2. The highest BCUT2D eigenvalue weighted by molar-refractivity contribution is 7.17. The average molecular weight is 238 g/mol. The Hall–Kier alpha value is -0.580. The summed E-state index contributed by atoms with van der Waals surface area (Å²) in [6.07, 6.45) is 2.77. The van der Waals surface area contributed by atoms with Crippen LogP contribution in [0, 0.1) is 0 Å². The predicted molar refractivity (Wildman–Crippen MR) is 53.2 cm³/mol. The van der Waals surface area contributed by atoms with Gasteiger partial charge in [-0.15, -0.1) is 11.3 Å². The molecule has 0 spiro atoms. The quantitative estimate of drug-likeness (QED) is 0.587. The second-order valence-corrected chi connectivity index (χ2v) is 3.95. The summed E-state index contributed by atoms with van der Waals surface area (Å²) in [6.45, 7) is 0. The van der Waals surface area contributed by atoms with Crippen molar-refractivity contribution in [2.45, 2.75) is 0 Å². The van der Waals surface area contributed by atoms with Crippen LogP contribution in [0.3, 0.4) is 0 Å². The van der Waals surface area contributed by atoms with Crippen molar-refractivity contribution in [1.29, 1.82) is 0 Å². The maximum atomic E-state index is 10.7. The van der Waals surface area contributed by atoms with Gasteiger partial charge in [0.1, 0.15) is 5.15 Å². The van der Waals surface area contributed by atoms with Crippen LogP contribution in [0.4, 0.5) is 0 Å². The van der Waals surface area contributed by atoms with Crippen molar-refractivity contribution < 1.29 is 9.53 Å². The molecule has 0 aliphatic rings. The van der Waals surface area contributed by atoms with Gasteiger partial charge in [0, 0.05) is 6.08 Å². The summed E-state index contributed by atoms with van der Waals surface area (Å²) in [5.41, 5.74) is 0. The predicted octanol–water partition coefficient (Wildman–Crippen LogP) is 2.64. The smallest absolute Gasteiger partial charge is 0.330 e. The number of ether oxygens (including phenoxy) is 1. The van der Waals surface area contributed by atoms with Crippen LogP contribution in [-0.2, 0) is 9.53 Å². The molecule has 0 radical (unpaired) electrons. The van der Waals surface area contributed by atoms with E-state index in [4.69, 9.17) is 23.2 Å². The third-order valence-corrected chi connectivity index (χ3v) is 2.68. The van der Waals surface area contributed by atoms with E-state index in [0.29, 0.717) is 9.34 Å². The molecule has 0 amide bonds. The van der Waals surface area contributed by atoms with Crippen molar-refractivity contribution in [1.82, 2.24) is 4.98 Å². The fourth-order valence-corrected chi connectivity index (χ4v) is 1.88. The second kappa shape index (κ2) is 4.60. The molecular weight excluding hydrogens is 233 g/mol. The van der Waals surface area contributed by atoms with E-state index >= 15 is 0 Å². The third kappa shape index (κ3) is 2.99. The van der Waals surface area contributed by atoms with Crippen LogP contribution in [0.2, 0.25) is 9.62 Å². The molecule has 0 fully saturated rings. The highest BCUT2D eigenvalue weighted by Gasteiger charge is 2.04. The van der Waals surface area contributed by atoms with Crippen LogP contribution in [0.1, 0.15) is 4.88 Å². The molecule has 1 heterocycles. The summed E-state index contributed by atoms with van der Waals surface area (Å²) in [7, 11) is 1.30. The van der Waals surface area contributed by atoms with Crippen LogP contribution >= 0.6 is 34.5 Å². The molecule has 1 rings (SSSR count). The van der Waals surface area contributed by atoms with E-state index < -0.39 is 5.97 Å². The molecule has 0 N–H and O–H groups in total. The van der Waals surface area contributed by atoms with Crippen molar-refractivity contribution in [2.24, 2.45) is 0 Å². The van der Waals surface area contributed by atoms with E-state index in [1.54, 1.807) is 0 Å².